The van der Waals surface area contributed by atoms with Gasteiger partial charge in [0.15, 0.2) is 11.0 Å². The van der Waals surface area contributed by atoms with Crippen LogP contribution in [0, 0.1) is 13.8 Å². The molecule has 4 nitrogen and oxygen atoms in total. The van der Waals surface area contributed by atoms with E-state index in [4.69, 9.17) is 4.98 Å². The zero-order valence-electron chi connectivity index (χ0n) is 38.6. The highest BCUT2D eigenvalue weighted by molar-refractivity contribution is 6.15. The number of aryl methyl sites for hydroxylation is 4. The summed E-state index contributed by atoms with van der Waals surface area (Å²) in [5, 5.41) is 3.92. The summed E-state index contributed by atoms with van der Waals surface area (Å²) in [7, 11) is 0. The number of rotatable bonds is 7. The second-order valence-electron chi connectivity index (χ2n) is 20.5. The number of hydrogen-bond acceptors (Lipinski definition) is 1. The largest absolute Gasteiger partial charge is 0.309 e. The molecule has 2 aliphatic heterocycles. The van der Waals surface area contributed by atoms with E-state index in [0.29, 0.717) is 0 Å². The van der Waals surface area contributed by atoms with Gasteiger partial charge in [0.05, 0.1) is 27.6 Å². The summed E-state index contributed by atoms with van der Waals surface area (Å²) >= 11 is 0. The Balaban J connectivity index is 1.27. The summed E-state index contributed by atoms with van der Waals surface area (Å²) < 4.78 is 7.92. The summed E-state index contributed by atoms with van der Waals surface area (Å²) in [5.41, 5.74) is 21.7. The molecule has 6 aromatic carbocycles. The van der Waals surface area contributed by atoms with Crippen LogP contribution in [0.15, 0.2) is 103 Å². The van der Waals surface area contributed by atoms with Crippen molar-refractivity contribution in [3.8, 4) is 27.9 Å². The average Bonchev–Trinajstić information content (AvgIpc) is 3.72. The number of nitrogens with zero attached hydrogens (tertiary/aromatic N) is 4. The van der Waals surface area contributed by atoms with Gasteiger partial charge < -0.3 is 4.57 Å². The first-order chi connectivity index (χ1) is 29.8. The predicted octanol–water partition coefficient (Wildman–Crippen LogP) is 14.7. The molecule has 3 aromatic heterocycles. The van der Waals surface area contributed by atoms with E-state index < -0.39 is 0 Å². The lowest BCUT2D eigenvalue weighted by atomic mass is 9.74. The third kappa shape index (κ3) is 5.37. The summed E-state index contributed by atoms with van der Waals surface area (Å²) in [6.07, 6.45) is 7.82. The van der Waals surface area contributed by atoms with Gasteiger partial charge in [-0.2, -0.15) is 4.40 Å². The maximum atomic E-state index is 5.92. The van der Waals surface area contributed by atoms with Crippen molar-refractivity contribution in [2.24, 2.45) is 0 Å². The molecule has 0 aliphatic carbocycles. The van der Waals surface area contributed by atoms with Crippen LogP contribution >= 0.6 is 0 Å². The molecule has 9 aromatic rings. The van der Waals surface area contributed by atoms with Gasteiger partial charge in [0.25, 0.3) is 5.65 Å². The quantitative estimate of drug-likeness (QED) is 0.147. The minimum absolute atomic E-state index is 0.00707. The number of benzene rings is 6. The van der Waals surface area contributed by atoms with Crippen molar-refractivity contribution in [3.05, 3.63) is 142 Å². The van der Waals surface area contributed by atoms with E-state index in [1.165, 1.54) is 118 Å². The van der Waals surface area contributed by atoms with Crippen LogP contribution in [0.1, 0.15) is 127 Å². The number of para-hydroxylation sites is 1. The Morgan fingerprint density at radius 3 is 2.26 bits per heavy atom. The lowest BCUT2D eigenvalue weighted by Gasteiger charge is -2.35. The van der Waals surface area contributed by atoms with Gasteiger partial charge in [-0.15, -0.1) is 0 Å². The zero-order chi connectivity index (χ0) is 43.0. The number of aromatic nitrogens is 4. The van der Waals surface area contributed by atoms with Crippen LogP contribution < -0.4 is 4.57 Å². The highest BCUT2D eigenvalue weighted by atomic mass is 15.2. The molecular formula is C58H61N4+. The third-order valence-corrected chi connectivity index (χ3v) is 15.5. The first-order valence-corrected chi connectivity index (χ1v) is 23.5. The second kappa shape index (κ2) is 13.6. The molecule has 4 heteroatoms. The molecule has 0 radical (unpaired) electrons. The molecule has 0 amide bonds. The topological polar surface area (TPSA) is 26.1 Å². The molecule has 0 bridgehead atoms. The van der Waals surface area contributed by atoms with Gasteiger partial charge in [0.1, 0.15) is 5.54 Å². The summed E-state index contributed by atoms with van der Waals surface area (Å²) in [6, 6.07) is 40.3. The van der Waals surface area contributed by atoms with E-state index in [1.54, 1.807) is 0 Å². The Labute approximate surface area is 367 Å². The van der Waals surface area contributed by atoms with Crippen LogP contribution in [0.3, 0.4) is 0 Å². The molecule has 0 unspecified atom stereocenters. The van der Waals surface area contributed by atoms with Gasteiger partial charge in [-0.25, -0.2) is 9.55 Å². The molecule has 2 aliphatic rings. The van der Waals surface area contributed by atoms with Crippen molar-refractivity contribution in [1.29, 1.82) is 0 Å². The first-order valence-electron chi connectivity index (χ1n) is 23.5. The minimum Gasteiger partial charge on any atom is -0.309 e. The van der Waals surface area contributed by atoms with Crippen molar-refractivity contribution >= 4 is 49.4 Å². The SMILES string of the molecule is CCCCc1cccc(-c2ccc3c(c2)c2cc(-c4ccc5c6c4nc(C(C)(C)C)n4c7cc(C)c(C)cc7[n+](c64)C(CC)(CC)CC5)cc4c2n3-c2ccccc2C4(C)C)c1. The maximum Gasteiger partial charge on any atom is 0.299 e. The number of imidazole rings is 1. The Kier molecular flexibility index (Phi) is 8.60. The number of hydrogen-bond donors (Lipinski definition) is 0. The van der Waals surface area contributed by atoms with Crippen molar-refractivity contribution in [1.82, 2.24) is 14.0 Å². The molecular weight excluding hydrogens is 753 g/mol. The molecule has 312 valence electrons. The molecule has 0 fully saturated rings. The van der Waals surface area contributed by atoms with E-state index in [1.807, 2.05) is 0 Å². The van der Waals surface area contributed by atoms with E-state index in [-0.39, 0.29) is 16.4 Å². The molecule has 0 spiro atoms. The van der Waals surface area contributed by atoms with Crippen LogP contribution in [0.2, 0.25) is 0 Å². The fourth-order valence-electron chi connectivity index (χ4n) is 11.7. The third-order valence-electron chi connectivity index (χ3n) is 15.5. The second-order valence-corrected chi connectivity index (χ2v) is 20.5. The summed E-state index contributed by atoms with van der Waals surface area (Å²) in [4.78, 5) is 5.92. The van der Waals surface area contributed by atoms with Crippen molar-refractivity contribution in [2.75, 3.05) is 0 Å². The molecule has 0 N–H and O–H groups in total. The van der Waals surface area contributed by atoms with Gasteiger partial charge in [-0.05, 0) is 145 Å². The van der Waals surface area contributed by atoms with E-state index in [0.717, 1.165) is 43.4 Å². The first kappa shape index (κ1) is 39.1. The Morgan fingerprint density at radius 2 is 1.48 bits per heavy atom. The van der Waals surface area contributed by atoms with E-state index in [2.05, 4.69) is 186 Å². The maximum absolute atomic E-state index is 5.92. The zero-order valence-corrected chi connectivity index (χ0v) is 38.6. The molecule has 11 rings (SSSR count). The monoisotopic (exact) mass is 813 g/mol. The van der Waals surface area contributed by atoms with Crippen LogP contribution in [-0.4, -0.2) is 14.0 Å². The Morgan fingerprint density at radius 1 is 0.726 bits per heavy atom. The fraction of sp³-hybridized carbons (Fsp3) is 0.345. The van der Waals surface area contributed by atoms with Crippen LogP contribution in [0.5, 0.6) is 0 Å². The lowest BCUT2D eigenvalue weighted by molar-refractivity contribution is -0.721. The standard InChI is InChI=1S/C58H61N4/c1-11-14-18-37-19-17-20-39(31-37)40-24-26-47-43(32-40)44-33-41(34-46-53(44)60(47)48-22-16-15-21-45(48)57(46,9)10)42-25-23-38-27-28-58(12-2,13-3)62-50-30-36(5)35(4)29-49(50)61-54(62)51(38)52(42)59-55(61)56(6,7)8/h15-17,19-26,29-34H,11-14,18,27-28H2,1-10H3/q+1. The van der Waals surface area contributed by atoms with Crippen molar-refractivity contribution in [2.45, 2.75) is 131 Å². The van der Waals surface area contributed by atoms with Gasteiger partial charge in [-0.3, -0.25) is 0 Å². The van der Waals surface area contributed by atoms with Crippen molar-refractivity contribution in [3.63, 3.8) is 0 Å². The van der Waals surface area contributed by atoms with Gasteiger partial charge in [-0.1, -0.05) is 122 Å². The molecule has 0 atom stereocenters. The predicted molar refractivity (Wildman–Crippen MR) is 261 cm³/mol. The van der Waals surface area contributed by atoms with Crippen LogP contribution in [0.4, 0.5) is 0 Å². The molecule has 62 heavy (non-hydrogen) atoms. The van der Waals surface area contributed by atoms with Crippen LogP contribution in [0.25, 0.3) is 77.3 Å². The number of fused-ring (bicyclic) bond motifs is 8. The van der Waals surface area contributed by atoms with E-state index >= 15 is 0 Å². The summed E-state index contributed by atoms with van der Waals surface area (Å²) in [6.45, 7) is 23.5. The normalized spacial score (nSPS) is 15.4. The highest BCUT2D eigenvalue weighted by Crippen LogP contribution is 2.50. The minimum atomic E-state index is -0.221. The van der Waals surface area contributed by atoms with E-state index in [9.17, 15) is 0 Å². The highest BCUT2D eigenvalue weighted by Gasteiger charge is 2.44. The van der Waals surface area contributed by atoms with Gasteiger partial charge >= 0.3 is 0 Å². The Bertz CT molecular complexity index is 3340. The lowest BCUT2D eigenvalue weighted by Crippen LogP contribution is -2.55. The molecule has 5 heterocycles. The summed E-state index contributed by atoms with van der Waals surface area (Å²) in [5.74, 6) is 1.12. The average molecular weight is 814 g/mol. The van der Waals surface area contributed by atoms with Crippen LogP contribution in [-0.2, 0) is 29.2 Å². The fourth-order valence-corrected chi connectivity index (χ4v) is 11.7. The van der Waals surface area contributed by atoms with Crippen molar-refractivity contribution < 1.29 is 4.57 Å². The van der Waals surface area contributed by atoms with Gasteiger partial charge in [0, 0.05) is 27.2 Å². The molecule has 0 saturated carbocycles. The smallest absolute Gasteiger partial charge is 0.299 e. The Hall–Kier alpha value is -5.74. The van der Waals surface area contributed by atoms with Gasteiger partial charge in [0.2, 0.25) is 5.82 Å². The number of unbranched alkanes of at least 4 members (excludes halogenated alkanes) is 1. The molecule has 0 saturated heterocycles.